The summed E-state index contributed by atoms with van der Waals surface area (Å²) in [6.45, 7) is 2.20. The quantitative estimate of drug-likeness (QED) is 0.861. The highest BCUT2D eigenvalue weighted by Crippen LogP contribution is 2.35. The Morgan fingerprint density at radius 2 is 2.00 bits per heavy atom. The normalized spacial score (nSPS) is 12.7. The summed E-state index contributed by atoms with van der Waals surface area (Å²) in [6, 6.07) is 7.50. The monoisotopic (exact) mass is 269 g/mol. The summed E-state index contributed by atoms with van der Waals surface area (Å²) >= 11 is 1.35. The van der Waals surface area contributed by atoms with Gasteiger partial charge in [-0.15, -0.1) is 11.8 Å². The predicted molar refractivity (Wildman–Crippen MR) is 67.5 cm³/mol. The Kier molecular flexibility index (Phi) is 4.04. The van der Waals surface area contributed by atoms with Crippen molar-refractivity contribution in [1.29, 1.82) is 0 Å². The summed E-state index contributed by atoms with van der Waals surface area (Å²) in [7, 11) is 0. The van der Waals surface area contributed by atoms with Gasteiger partial charge in [0, 0.05) is 11.4 Å². The van der Waals surface area contributed by atoms with Crippen LogP contribution in [0.2, 0.25) is 0 Å². The van der Waals surface area contributed by atoms with Crippen molar-refractivity contribution < 1.29 is 13.2 Å². The maximum atomic E-state index is 13.1. The SMILES string of the molecule is Cc1ccc(C(CN)Sc2ccc(F)c(F)c2)o1. The lowest BCUT2D eigenvalue weighted by Crippen LogP contribution is -2.08. The Bertz CT molecular complexity index is 542. The minimum absolute atomic E-state index is 0.108. The summed E-state index contributed by atoms with van der Waals surface area (Å²) in [5, 5.41) is -0.108. The van der Waals surface area contributed by atoms with Crippen molar-refractivity contribution in [2.75, 3.05) is 6.54 Å². The third-order valence-electron chi connectivity index (χ3n) is 2.46. The van der Waals surface area contributed by atoms with Gasteiger partial charge in [0.05, 0.1) is 5.25 Å². The first-order chi connectivity index (χ1) is 8.60. The minimum Gasteiger partial charge on any atom is -0.465 e. The molecule has 0 aliphatic heterocycles. The van der Waals surface area contributed by atoms with Crippen LogP contribution >= 0.6 is 11.8 Å². The van der Waals surface area contributed by atoms with Crippen LogP contribution in [0.25, 0.3) is 0 Å². The van der Waals surface area contributed by atoms with Gasteiger partial charge in [0.25, 0.3) is 0 Å². The molecule has 1 atom stereocenters. The number of thioether (sulfide) groups is 1. The highest BCUT2D eigenvalue weighted by Gasteiger charge is 2.16. The summed E-state index contributed by atoms with van der Waals surface area (Å²) in [5.74, 6) is -0.164. The first-order valence-electron chi connectivity index (χ1n) is 5.48. The largest absolute Gasteiger partial charge is 0.465 e. The average molecular weight is 269 g/mol. The van der Waals surface area contributed by atoms with Crippen molar-refractivity contribution in [2.24, 2.45) is 5.73 Å². The number of nitrogens with two attached hydrogens (primary N) is 1. The van der Waals surface area contributed by atoms with Crippen molar-refractivity contribution in [1.82, 2.24) is 0 Å². The van der Waals surface area contributed by atoms with Crippen LogP contribution in [0.5, 0.6) is 0 Å². The van der Waals surface area contributed by atoms with E-state index in [9.17, 15) is 8.78 Å². The maximum Gasteiger partial charge on any atom is 0.159 e. The first-order valence-corrected chi connectivity index (χ1v) is 6.36. The highest BCUT2D eigenvalue weighted by atomic mass is 32.2. The molecule has 0 fully saturated rings. The Balaban J connectivity index is 2.17. The van der Waals surface area contributed by atoms with Gasteiger partial charge < -0.3 is 10.2 Å². The summed E-state index contributed by atoms with van der Waals surface area (Å²) in [4.78, 5) is 0.624. The van der Waals surface area contributed by atoms with E-state index in [1.165, 1.54) is 23.9 Å². The molecule has 5 heteroatoms. The standard InChI is InChI=1S/C13H13F2NOS/c1-8-2-5-12(17-8)13(7-16)18-9-3-4-10(14)11(15)6-9/h2-6,13H,7,16H2,1H3. The second-order valence-electron chi connectivity index (χ2n) is 3.87. The van der Waals surface area contributed by atoms with Gasteiger partial charge in [-0.2, -0.15) is 0 Å². The molecular weight excluding hydrogens is 256 g/mol. The number of hydrogen-bond donors (Lipinski definition) is 1. The van der Waals surface area contributed by atoms with E-state index in [0.717, 1.165) is 17.6 Å². The van der Waals surface area contributed by atoms with Crippen molar-refractivity contribution in [3.05, 3.63) is 53.5 Å². The summed E-state index contributed by atoms with van der Waals surface area (Å²) in [5.41, 5.74) is 5.68. The fraction of sp³-hybridized carbons (Fsp3) is 0.231. The van der Waals surface area contributed by atoms with Crippen LogP contribution in [0.4, 0.5) is 8.78 Å². The topological polar surface area (TPSA) is 39.2 Å². The average Bonchev–Trinajstić information content (AvgIpc) is 2.77. The molecule has 1 aromatic carbocycles. The van der Waals surface area contributed by atoms with Crippen molar-refractivity contribution in [3.8, 4) is 0 Å². The van der Waals surface area contributed by atoms with E-state index in [-0.39, 0.29) is 5.25 Å². The van der Waals surface area contributed by atoms with Gasteiger partial charge in [0.1, 0.15) is 11.5 Å². The maximum absolute atomic E-state index is 13.1. The third-order valence-corrected chi connectivity index (χ3v) is 3.70. The van der Waals surface area contributed by atoms with Crippen LogP contribution in [0.15, 0.2) is 39.6 Å². The van der Waals surface area contributed by atoms with Crippen LogP contribution in [-0.2, 0) is 0 Å². The van der Waals surface area contributed by atoms with Crippen molar-refractivity contribution >= 4 is 11.8 Å². The fourth-order valence-electron chi connectivity index (χ4n) is 1.56. The Morgan fingerprint density at radius 1 is 1.22 bits per heavy atom. The molecule has 18 heavy (non-hydrogen) atoms. The van der Waals surface area contributed by atoms with Crippen molar-refractivity contribution in [2.45, 2.75) is 17.1 Å². The van der Waals surface area contributed by atoms with Crippen LogP contribution in [0.3, 0.4) is 0 Å². The van der Waals surface area contributed by atoms with E-state index in [2.05, 4.69) is 0 Å². The van der Waals surface area contributed by atoms with E-state index in [0.29, 0.717) is 11.4 Å². The molecule has 1 aromatic heterocycles. The van der Waals surface area contributed by atoms with Crippen LogP contribution in [0.1, 0.15) is 16.8 Å². The van der Waals surface area contributed by atoms with Crippen LogP contribution in [-0.4, -0.2) is 6.54 Å². The second kappa shape index (κ2) is 5.54. The van der Waals surface area contributed by atoms with Crippen LogP contribution < -0.4 is 5.73 Å². The molecule has 96 valence electrons. The lowest BCUT2D eigenvalue weighted by molar-refractivity contribution is 0.481. The fourth-order valence-corrected chi connectivity index (χ4v) is 2.55. The Labute approximate surface area is 108 Å². The lowest BCUT2D eigenvalue weighted by atomic mass is 10.3. The van der Waals surface area contributed by atoms with Gasteiger partial charge in [-0.3, -0.25) is 0 Å². The molecule has 0 aliphatic carbocycles. The molecule has 1 unspecified atom stereocenters. The first kappa shape index (κ1) is 13.1. The van der Waals surface area contributed by atoms with Gasteiger partial charge in [-0.05, 0) is 37.3 Å². The van der Waals surface area contributed by atoms with E-state index in [1.807, 2.05) is 19.1 Å². The third kappa shape index (κ3) is 2.91. The zero-order valence-electron chi connectivity index (χ0n) is 9.82. The van der Waals surface area contributed by atoms with Gasteiger partial charge in [-0.1, -0.05) is 0 Å². The molecule has 1 heterocycles. The molecule has 2 aromatic rings. The van der Waals surface area contributed by atoms with Gasteiger partial charge in [0.2, 0.25) is 0 Å². The number of halogens is 2. The zero-order chi connectivity index (χ0) is 13.1. The van der Waals surface area contributed by atoms with Gasteiger partial charge in [-0.25, -0.2) is 8.78 Å². The molecule has 2 rings (SSSR count). The molecule has 0 saturated carbocycles. The lowest BCUT2D eigenvalue weighted by Gasteiger charge is -2.11. The van der Waals surface area contributed by atoms with E-state index >= 15 is 0 Å². The molecule has 2 nitrogen and oxygen atoms in total. The smallest absolute Gasteiger partial charge is 0.159 e. The number of benzene rings is 1. The molecule has 0 bridgehead atoms. The molecular formula is C13H13F2NOS. The van der Waals surface area contributed by atoms with E-state index in [4.69, 9.17) is 10.2 Å². The molecule has 0 amide bonds. The zero-order valence-corrected chi connectivity index (χ0v) is 10.6. The molecule has 0 saturated heterocycles. The number of hydrogen-bond acceptors (Lipinski definition) is 3. The van der Waals surface area contributed by atoms with E-state index < -0.39 is 11.6 Å². The Hall–Kier alpha value is -1.33. The van der Waals surface area contributed by atoms with Crippen molar-refractivity contribution in [3.63, 3.8) is 0 Å². The predicted octanol–water partition coefficient (Wildman–Crippen LogP) is 3.66. The Morgan fingerprint density at radius 3 is 2.56 bits per heavy atom. The minimum atomic E-state index is -0.855. The van der Waals surface area contributed by atoms with Gasteiger partial charge >= 0.3 is 0 Å². The van der Waals surface area contributed by atoms with Crippen LogP contribution in [0, 0.1) is 18.6 Å². The summed E-state index contributed by atoms with van der Waals surface area (Å²) < 4.78 is 31.4. The summed E-state index contributed by atoms with van der Waals surface area (Å²) in [6.07, 6.45) is 0. The highest BCUT2D eigenvalue weighted by molar-refractivity contribution is 7.99. The number of furan rings is 1. The molecule has 0 spiro atoms. The number of aryl methyl sites for hydroxylation is 1. The second-order valence-corrected chi connectivity index (χ2v) is 5.14. The number of rotatable bonds is 4. The molecule has 0 aliphatic rings. The molecule has 2 N–H and O–H groups in total. The molecule has 0 radical (unpaired) electrons. The van der Waals surface area contributed by atoms with Gasteiger partial charge in [0.15, 0.2) is 11.6 Å². The van der Waals surface area contributed by atoms with E-state index in [1.54, 1.807) is 0 Å².